The molecule has 2 nitrogen and oxygen atoms in total. The Hall–Kier alpha value is -1.57. The molecule has 0 amide bonds. The van der Waals surface area contributed by atoms with Crippen molar-refractivity contribution >= 4 is 5.78 Å². The van der Waals surface area contributed by atoms with Gasteiger partial charge in [0.25, 0.3) is 0 Å². The van der Waals surface area contributed by atoms with E-state index in [1.165, 1.54) is 5.56 Å². The molecule has 0 aliphatic heterocycles. The van der Waals surface area contributed by atoms with Gasteiger partial charge >= 0.3 is 0 Å². The van der Waals surface area contributed by atoms with Gasteiger partial charge in [0.1, 0.15) is 6.10 Å². The van der Waals surface area contributed by atoms with Crippen molar-refractivity contribution in [2.24, 2.45) is 0 Å². The Morgan fingerprint density at radius 1 is 1.28 bits per heavy atom. The average molecular weight is 246 g/mol. The maximum absolute atomic E-state index is 11.6. The van der Waals surface area contributed by atoms with E-state index in [1.807, 2.05) is 32.0 Å². The molecule has 0 fully saturated rings. The van der Waals surface area contributed by atoms with Crippen molar-refractivity contribution in [1.29, 1.82) is 0 Å². The van der Waals surface area contributed by atoms with E-state index in [0.717, 1.165) is 6.42 Å². The van der Waals surface area contributed by atoms with Crippen molar-refractivity contribution in [1.82, 2.24) is 0 Å². The summed E-state index contributed by atoms with van der Waals surface area (Å²) in [4.78, 5) is 11.6. The summed E-state index contributed by atoms with van der Waals surface area (Å²) in [6.45, 7) is 9.76. The quantitative estimate of drug-likeness (QED) is 0.535. The fraction of sp³-hybridized carbons (Fsp3) is 0.438. The topological polar surface area (TPSA) is 26.3 Å². The molecule has 2 heteroatoms. The highest BCUT2D eigenvalue weighted by atomic mass is 16.5. The van der Waals surface area contributed by atoms with Crippen LogP contribution in [0, 0.1) is 0 Å². The number of ketones is 1. The SMILES string of the molecule is C=C(OC(C)C(C)c1ccccc1)C(=O)CCC. The normalized spacial score (nSPS) is 13.7. The maximum Gasteiger partial charge on any atom is 0.196 e. The molecule has 0 saturated carbocycles. The van der Waals surface area contributed by atoms with Crippen molar-refractivity contribution < 1.29 is 9.53 Å². The van der Waals surface area contributed by atoms with Gasteiger partial charge in [-0.1, -0.05) is 50.8 Å². The summed E-state index contributed by atoms with van der Waals surface area (Å²) in [5.74, 6) is 0.522. The molecule has 0 saturated heterocycles. The number of allylic oxidation sites excluding steroid dienone is 1. The van der Waals surface area contributed by atoms with Gasteiger partial charge < -0.3 is 4.74 Å². The van der Waals surface area contributed by atoms with Crippen molar-refractivity contribution in [3.63, 3.8) is 0 Å². The lowest BCUT2D eigenvalue weighted by molar-refractivity contribution is -0.119. The molecular formula is C16H22O2. The van der Waals surface area contributed by atoms with Crippen molar-refractivity contribution in [2.45, 2.75) is 45.6 Å². The Balaban J connectivity index is 2.58. The molecule has 0 heterocycles. The minimum Gasteiger partial charge on any atom is -0.487 e. The van der Waals surface area contributed by atoms with Gasteiger partial charge in [-0.25, -0.2) is 0 Å². The minimum atomic E-state index is -0.0549. The van der Waals surface area contributed by atoms with Crippen LogP contribution in [0.15, 0.2) is 42.7 Å². The van der Waals surface area contributed by atoms with Crippen molar-refractivity contribution in [3.8, 4) is 0 Å². The predicted octanol–water partition coefficient (Wildman–Crippen LogP) is 4.08. The number of carbonyl (C=O) groups excluding carboxylic acids is 1. The first kappa shape index (κ1) is 14.5. The van der Waals surface area contributed by atoms with Gasteiger partial charge in [-0.3, -0.25) is 4.79 Å². The van der Waals surface area contributed by atoms with Gasteiger partial charge in [0, 0.05) is 12.3 Å². The van der Waals surface area contributed by atoms with Crippen molar-refractivity contribution in [3.05, 3.63) is 48.2 Å². The van der Waals surface area contributed by atoms with Crippen LogP contribution in [0.5, 0.6) is 0 Å². The van der Waals surface area contributed by atoms with Gasteiger partial charge in [-0.15, -0.1) is 0 Å². The molecule has 2 atom stereocenters. The lowest BCUT2D eigenvalue weighted by Gasteiger charge is -2.22. The summed E-state index contributed by atoms with van der Waals surface area (Å²) < 4.78 is 5.64. The van der Waals surface area contributed by atoms with Crippen LogP contribution in [-0.4, -0.2) is 11.9 Å². The molecule has 0 aliphatic carbocycles. The standard InChI is InChI=1S/C16H22O2/c1-5-9-16(17)14(4)18-13(3)12(2)15-10-7-6-8-11-15/h6-8,10-13H,4-5,9H2,1-3H3. The molecule has 0 spiro atoms. The molecule has 0 radical (unpaired) electrons. The summed E-state index contributed by atoms with van der Waals surface area (Å²) in [5, 5.41) is 0. The molecule has 0 aliphatic rings. The summed E-state index contributed by atoms with van der Waals surface area (Å²) in [6, 6.07) is 10.2. The first-order chi connectivity index (χ1) is 8.56. The van der Waals surface area contributed by atoms with Crippen LogP contribution in [-0.2, 0) is 9.53 Å². The molecule has 18 heavy (non-hydrogen) atoms. The average Bonchev–Trinajstić information content (AvgIpc) is 2.39. The number of carbonyl (C=O) groups is 1. The first-order valence-electron chi connectivity index (χ1n) is 6.50. The molecule has 1 aromatic rings. The molecule has 1 rings (SSSR count). The Morgan fingerprint density at radius 2 is 1.89 bits per heavy atom. The van der Waals surface area contributed by atoms with Gasteiger partial charge in [-0.05, 0) is 18.9 Å². The lowest BCUT2D eigenvalue weighted by atomic mass is 9.96. The molecule has 98 valence electrons. The summed E-state index contributed by atoms with van der Waals surface area (Å²) in [7, 11) is 0. The smallest absolute Gasteiger partial charge is 0.196 e. The fourth-order valence-corrected chi connectivity index (χ4v) is 1.79. The van der Waals surface area contributed by atoms with Gasteiger partial charge in [0.2, 0.25) is 0 Å². The lowest BCUT2D eigenvalue weighted by Crippen LogP contribution is -2.19. The van der Waals surface area contributed by atoms with Gasteiger partial charge in [0.15, 0.2) is 11.5 Å². The fourth-order valence-electron chi connectivity index (χ4n) is 1.79. The Bertz CT molecular complexity index is 395. The van der Waals surface area contributed by atoms with Gasteiger partial charge in [-0.2, -0.15) is 0 Å². The van der Waals surface area contributed by atoms with Crippen LogP contribution < -0.4 is 0 Å². The number of hydrogen-bond donors (Lipinski definition) is 0. The van der Waals surface area contributed by atoms with Crippen LogP contribution in [0.25, 0.3) is 0 Å². The molecule has 0 aromatic heterocycles. The van der Waals surface area contributed by atoms with E-state index < -0.39 is 0 Å². The van der Waals surface area contributed by atoms with E-state index in [4.69, 9.17) is 4.74 Å². The zero-order valence-corrected chi connectivity index (χ0v) is 11.5. The third-order valence-corrected chi connectivity index (χ3v) is 3.15. The predicted molar refractivity (Wildman–Crippen MR) is 74.5 cm³/mol. The zero-order chi connectivity index (χ0) is 13.5. The molecule has 2 unspecified atom stereocenters. The minimum absolute atomic E-state index is 0.00427. The number of rotatable bonds is 7. The summed E-state index contributed by atoms with van der Waals surface area (Å²) in [6.07, 6.45) is 1.27. The zero-order valence-electron chi connectivity index (χ0n) is 11.5. The van der Waals surface area contributed by atoms with E-state index >= 15 is 0 Å². The van der Waals surface area contributed by atoms with Crippen LogP contribution in [0.2, 0.25) is 0 Å². The van der Waals surface area contributed by atoms with Crippen LogP contribution in [0.1, 0.15) is 45.1 Å². The summed E-state index contributed by atoms with van der Waals surface area (Å²) in [5.41, 5.74) is 1.21. The van der Waals surface area contributed by atoms with Crippen molar-refractivity contribution in [2.75, 3.05) is 0 Å². The largest absolute Gasteiger partial charge is 0.487 e. The second-order valence-electron chi connectivity index (χ2n) is 4.62. The highest BCUT2D eigenvalue weighted by Gasteiger charge is 2.18. The van der Waals surface area contributed by atoms with E-state index in [-0.39, 0.29) is 23.6 Å². The molecule has 1 aromatic carbocycles. The Kier molecular flexibility index (Phi) is 5.63. The third-order valence-electron chi connectivity index (χ3n) is 3.15. The number of benzene rings is 1. The molecule has 0 N–H and O–H groups in total. The van der Waals surface area contributed by atoms with Gasteiger partial charge in [0.05, 0.1) is 0 Å². The van der Waals surface area contributed by atoms with E-state index in [9.17, 15) is 4.79 Å². The maximum atomic E-state index is 11.6. The Labute approximate surface area is 110 Å². The first-order valence-corrected chi connectivity index (χ1v) is 6.50. The monoisotopic (exact) mass is 246 g/mol. The van der Waals surface area contributed by atoms with E-state index in [2.05, 4.69) is 25.6 Å². The Morgan fingerprint density at radius 3 is 2.44 bits per heavy atom. The van der Waals surface area contributed by atoms with E-state index in [1.54, 1.807) is 0 Å². The molecule has 0 bridgehead atoms. The second-order valence-corrected chi connectivity index (χ2v) is 4.62. The highest BCUT2D eigenvalue weighted by molar-refractivity contribution is 5.92. The van der Waals surface area contributed by atoms with Crippen LogP contribution >= 0.6 is 0 Å². The van der Waals surface area contributed by atoms with E-state index in [0.29, 0.717) is 6.42 Å². The second kappa shape index (κ2) is 7.00. The summed E-state index contributed by atoms with van der Waals surface area (Å²) >= 11 is 0. The number of hydrogen-bond acceptors (Lipinski definition) is 2. The number of ether oxygens (including phenoxy) is 1. The molecular weight excluding hydrogens is 224 g/mol. The van der Waals surface area contributed by atoms with Crippen LogP contribution in [0.3, 0.4) is 0 Å². The number of Topliss-reactive ketones (excluding diaryl/α,β-unsaturated/α-hetero) is 1. The third kappa shape index (κ3) is 4.02. The highest BCUT2D eigenvalue weighted by Crippen LogP contribution is 2.22. The van der Waals surface area contributed by atoms with Crippen LogP contribution in [0.4, 0.5) is 0 Å².